The van der Waals surface area contributed by atoms with Gasteiger partial charge in [0.05, 0.1) is 0 Å². The Morgan fingerprint density at radius 2 is 2.00 bits per heavy atom. The topological polar surface area (TPSA) is 17.8 Å². The van der Waals surface area contributed by atoms with E-state index in [-0.39, 0.29) is 0 Å². The lowest BCUT2D eigenvalue weighted by Gasteiger charge is -1.95. The second-order valence-corrected chi connectivity index (χ2v) is 2.19. The first-order valence-electron chi connectivity index (χ1n) is 2.88. The summed E-state index contributed by atoms with van der Waals surface area (Å²) in [6.45, 7) is 3.89. The molecule has 3 heteroatoms. The molecule has 0 bridgehead atoms. The average Bonchev–Trinajstić information content (AvgIpc) is 1.98. The summed E-state index contributed by atoms with van der Waals surface area (Å²) >= 11 is 0. The van der Waals surface area contributed by atoms with E-state index in [1.165, 1.54) is 0 Å². The van der Waals surface area contributed by atoms with Gasteiger partial charge >= 0.3 is 0 Å². The molecule has 1 heterocycles. The first-order chi connectivity index (χ1) is 4.13. The number of imidazole rings is 1. The Labute approximate surface area is 56.3 Å². The van der Waals surface area contributed by atoms with Gasteiger partial charge < -0.3 is 4.57 Å². The highest BCUT2D eigenvalue weighted by molar-refractivity contribution is 6.31. The third-order valence-electron chi connectivity index (χ3n) is 1.64. The summed E-state index contributed by atoms with van der Waals surface area (Å²) in [5, 5.41) is 0. The molecule has 0 aliphatic rings. The van der Waals surface area contributed by atoms with Crippen LogP contribution in [0.1, 0.15) is 11.5 Å². The standard InChI is InChI=1S/C6H9BN2/c1-4-6(7)8-5(2)9(4)3/h1-3H3. The third-order valence-corrected chi connectivity index (χ3v) is 1.64. The van der Waals surface area contributed by atoms with Crippen LogP contribution in [0, 0.1) is 13.8 Å². The molecule has 0 aliphatic heterocycles. The number of hydrogen-bond acceptors (Lipinski definition) is 1. The maximum atomic E-state index is 5.51. The molecular formula is C6H9BN2. The molecule has 0 atom stereocenters. The molecule has 9 heavy (non-hydrogen) atoms. The van der Waals surface area contributed by atoms with Crippen molar-refractivity contribution in [3.05, 3.63) is 11.5 Å². The van der Waals surface area contributed by atoms with E-state index in [4.69, 9.17) is 7.85 Å². The molecule has 2 radical (unpaired) electrons. The monoisotopic (exact) mass is 120 g/mol. The van der Waals surface area contributed by atoms with E-state index in [1.54, 1.807) is 0 Å². The molecule has 0 saturated heterocycles. The first kappa shape index (κ1) is 6.40. The molecule has 0 unspecified atom stereocenters. The summed E-state index contributed by atoms with van der Waals surface area (Å²) in [5.74, 6) is 0.963. The molecule has 0 aliphatic carbocycles. The van der Waals surface area contributed by atoms with Crippen molar-refractivity contribution < 1.29 is 0 Å². The fourth-order valence-corrected chi connectivity index (χ4v) is 0.745. The third kappa shape index (κ3) is 0.868. The van der Waals surface area contributed by atoms with Crippen LogP contribution in [0.25, 0.3) is 0 Å². The molecule has 1 aromatic heterocycles. The maximum absolute atomic E-state index is 5.51. The molecule has 0 amide bonds. The van der Waals surface area contributed by atoms with Crippen LogP contribution in [-0.2, 0) is 7.05 Å². The predicted molar refractivity (Wildman–Crippen MR) is 38.1 cm³/mol. The number of hydrogen-bond donors (Lipinski definition) is 0. The van der Waals surface area contributed by atoms with E-state index in [2.05, 4.69) is 4.98 Å². The summed E-state index contributed by atoms with van der Waals surface area (Å²) in [6.07, 6.45) is 0. The van der Waals surface area contributed by atoms with Crippen molar-refractivity contribution in [3.8, 4) is 0 Å². The van der Waals surface area contributed by atoms with Gasteiger partial charge in [0.2, 0.25) is 0 Å². The van der Waals surface area contributed by atoms with Gasteiger partial charge in [-0.3, -0.25) is 0 Å². The second-order valence-electron chi connectivity index (χ2n) is 2.19. The van der Waals surface area contributed by atoms with Gasteiger partial charge in [0.15, 0.2) is 0 Å². The second kappa shape index (κ2) is 1.90. The summed E-state index contributed by atoms with van der Waals surface area (Å²) in [4.78, 5) is 4.05. The Morgan fingerprint density at radius 1 is 1.44 bits per heavy atom. The van der Waals surface area contributed by atoms with E-state index in [9.17, 15) is 0 Å². The van der Waals surface area contributed by atoms with Crippen molar-refractivity contribution >= 4 is 13.4 Å². The van der Waals surface area contributed by atoms with Crippen LogP contribution >= 0.6 is 0 Å². The Hall–Kier alpha value is -0.725. The number of aromatic nitrogens is 2. The molecule has 0 spiro atoms. The fourth-order valence-electron chi connectivity index (χ4n) is 0.745. The minimum absolute atomic E-state index is 0.634. The van der Waals surface area contributed by atoms with Crippen molar-refractivity contribution in [1.82, 2.24) is 9.55 Å². The van der Waals surface area contributed by atoms with Crippen LogP contribution in [0.15, 0.2) is 0 Å². The lowest BCUT2D eigenvalue weighted by molar-refractivity contribution is 0.828. The van der Waals surface area contributed by atoms with E-state index < -0.39 is 0 Å². The highest BCUT2D eigenvalue weighted by Crippen LogP contribution is 1.94. The zero-order chi connectivity index (χ0) is 7.02. The van der Waals surface area contributed by atoms with Crippen molar-refractivity contribution in [1.29, 1.82) is 0 Å². The van der Waals surface area contributed by atoms with Gasteiger partial charge in [0.25, 0.3) is 0 Å². The van der Waals surface area contributed by atoms with Crippen LogP contribution in [-0.4, -0.2) is 17.4 Å². The van der Waals surface area contributed by atoms with E-state index in [0.29, 0.717) is 5.59 Å². The van der Waals surface area contributed by atoms with Gasteiger partial charge in [-0.1, -0.05) is 0 Å². The number of aryl methyl sites for hydroxylation is 1. The molecule has 0 N–H and O–H groups in total. The Kier molecular flexibility index (Phi) is 1.35. The van der Waals surface area contributed by atoms with Crippen LogP contribution in [0.3, 0.4) is 0 Å². The Morgan fingerprint density at radius 3 is 2.11 bits per heavy atom. The van der Waals surface area contributed by atoms with Crippen molar-refractivity contribution in [2.75, 3.05) is 0 Å². The smallest absolute Gasteiger partial charge is 0.144 e. The van der Waals surface area contributed by atoms with Crippen LogP contribution in [0.5, 0.6) is 0 Å². The quantitative estimate of drug-likeness (QED) is 0.434. The van der Waals surface area contributed by atoms with Crippen LogP contribution in [0.4, 0.5) is 0 Å². The normalized spacial score (nSPS) is 10.1. The highest BCUT2D eigenvalue weighted by Gasteiger charge is 2.00. The lowest BCUT2D eigenvalue weighted by Crippen LogP contribution is -2.07. The summed E-state index contributed by atoms with van der Waals surface area (Å²) in [6, 6.07) is 0. The van der Waals surface area contributed by atoms with Crippen molar-refractivity contribution in [2.24, 2.45) is 7.05 Å². The first-order valence-corrected chi connectivity index (χ1v) is 2.88. The minimum atomic E-state index is 0.634. The molecule has 0 aromatic carbocycles. The SMILES string of the molecule is [B]c1nc(C)n(C)c1C. The summed E-state index contributed by atoms with van der Waals surface area (Å²) in [5.41, 5.74) is 1.67. The number of rotatable bonds is 0. The molecule has 1 rings (SSSR count). The van der Waals surface area contributed by atoms with Crippen LogP contribution < -0.4 is 5.59 Å². The zero-order valence-electron chi connectivity index (χ0n) is 5.97. The average molecular weight is 120 g/mol. The Bertz CT molecular complexity index is 205. The van der Waals surface area contributed by atoms with E-state index in [0.717, 1.165) is 11.5 Å². The van der Waals surface area contributed by atoms with Gasteiger partial charge in [-0.25, -0.2) is 4.98 Å². The fraction of sp³-hybridized carbons (Fsp3) is 0.500. The molecule has 0 fully saturated rings. The van der Waals surface area contributed by atoms with Gasteiger partial charge in [0.1, 0.15) is 13.7 Å². The molecule has 1 aromatic rings. The summed E-state index contributed by atoms with van der Waals surface area (Å²) in [7, 11) is 7.46. The number of nitrogens with zero attached hydrogens (tertiary/aromatic N) is 2. The van der Waals surface area contributed by atoms with Crippen molar-refractivity contribution in [3.63, 3.8) is 0 Å². The van der Waals surface area contributed by atoms with Crippen molar-refractivity contribution in [2.45, 2.75) is 13.8 Å². The molecule has 0 saturated carbocycles. The highest BCUT2D eigenvalue weighted by atomic mass is 15.1. The van der Waals surface area contributed by atoms with Gasteiger partial charge in [-0.2, -0.15) is 0 Å². The van der Waals surface area contributed by atoms with Crippen LogP contribution in [0.2, 0.25) is 0 Å². The summed E-state index contributed by atoms with van der Waals surface area (Å²) < 4.78 is 1.97. The minimum Gasteiger partial charge on any atom is -0.336 e. The van der Waals surface area contributed by atoms with Gasteiger partial charge in [-0.15, -0.1) is 0 Å². The molecular weight excluding hydrogens is 111 g/mol. The predicted octanol–water partition coefficient (Wildman–Crippen LogP) is -0.169. The van der Waals surface area contributed by atoms with Gasteiger partial charge in [0, 0.05) is 18.3 Å². The Balaban J connectivity index is 3.29. The molecule has 2 nitrogen and oxygen atoms in total. The van der Waals surface area contributed by atoms with E-state index >= 15 is 0 Å². The maximum Gasteiger partial charge on any atom is 0.144 e. The zero-order valence-corrected chi connectivity index (χ0v) is 5.97. The largest absolute Gasteiger partial charge is 0.336 e. The molecule has 46 valence electrons. The van der Waals surface area contributed by atoms with E-state index in [1.807, 2.05) is 25.5 Å². The van der Waals surface area contributed by atoms with Gasteiger partial charge in [-0.05, 0) is 13.8 Å². The lowest BCUT2D eigenvalue weighted by atomic mass is 10.0.